The van der Waals surface area contributed by atoms with E-state index in [4.69, 9.17) is 0 Å². The number of aryl methyl sites for hydroxylation is 1. The van der Waals surface area contributed by atoms with Gasteiger partial charge in [0.15, 0.2) is 0 Å². The van der Waals surface area contributed by atoms with Crippen molar-refractivity contribution in [3.8, 4) is 0 Å². The minimum absolute atomic E-state index is 0.0729. The van der Waals surface area contributed by atoms with Crippen LogP contribution in [0.1, 0.15) is 41.9 Å². The second-order valence-corrected chi connectivity index (χ2v) is 7.37. The van der Waals surface area contributed by atoms with Crippen molar-refractivity contribution >= 4 is 27.3 Å². The minimum atomic E-state index is -3.69. The third-order valence-corrected chi connectivity index (χ3v) is 6.69. The summed E-state index contributed by atoms with van der Waals surface area (Å²) in [6, 6.07) is -0.0789. The number of ether oxygens (including phenoxy) is 1. The molecule has 0 amide bonds. The molecule has 7 heteroatoms. The van der Waals surface area contributed by atoms with E-state index in [1.165, 1.54) is 11.4 Å². The molecular formula is C13H21NO4S2. The molecule has 20 heavy (non-hydrogen) atoms. The van der Waals surface area contributed by atoms with Crippen LogP contribution < -0.4 is 0 Å². The number of hydrogen-bond donors (Lipinski definition) is 0. The Labute approximate surface area is 124 Å². The summed E-state index contributed by atoms with van der Waals surface area (Å²) in [6.07, 6.45) is 1.45. The number of thiophene rings is 1. The normalized spacial score (nSPS) is 12.2. The van der Waals surface area contributed by atoms with Gasteiger partial charge in [0.05, 0.1) is 7.11 Å². The number of nitrogens with zero attached hydrogens (tertiary/aromatic N) is 1. The molecule has 0 saturated heterocycles. The molecule has 0 aliphatic rings. The quantitative estimate of drug-likeness (QED) is 0.756. The number of esters is 1. The van der Waals surface area contributed by atoms with E-state index in [9.17, 15) is 13.2 Å². The Morgan fingerprint density at radius 3 is 2.40 bits per heavy atom. The lowest BCUT2D eigenvalue weighted by atomic mass is 10.2. The Balaban J connectivity index is 3.36. The van der Waals surface area contributed by atoms with Gasteiger partial charge in [0.1, 0.15) is 9.77 Å². The first-order chi connectivity index (χ1) is 9.31. The van der Waals surface area contributed by atoms with Gasteiger partial charge >= 0.3 is 5.97 Å². The molecule has 1 heterocycles. The van der Waals surface area contributed by atoms with Crippen molar-refractivity contribution in [3.05, 3.63) is 15.8 Å². The van der Waals surface area contributed by atoms with E-state index in [2.05, 4.69) is 4.74 Å². The summed E-state index contributed by atoms with van der Waals surface area (Å²) in [5.74, 6) is -0.611. The first kappa shape index (κ1) is 17.1. The molecule has 114 valence electrons. The van der Waals surface area contributed by atoms with Crippen molar-refractivity contribution in [2.75, 3.05) is 14.2 Å². The van der Waals surface area contributed by atoms with Crippen LogP contribution in [0.5, 0.6) is 0 Å². The molecule has 0 saturated carbocycles. The number of rotatable bonds is 6. The highest BCUT2D eigenvalue weighted by Crippen LogP contribution is 2.31. The van der Waals surface area contributed by atoms with E-state index in [0.717, 1.165) is 24.2 Å². The Morgan fingerprint density at radius 1 is 1.40 bits per heavy atom. The van der Waals surface area contributed by atoms with Crippen molar-refractivity contribution in [2.45, 2.75) is 44.6 Å². The number of sulfonamides is 1. The number of methoxy groups -OCH3 is 1. The Hall–Kier alpha value is -0.920. The molecule has 1 aromatic rings. The van der Waals surface area contributed by atoms with Gasteiger partial charge in [-0.1, -0.05) is 13.8 Å². The minimum Gasteiger partial charge on any atom is -0.465 e. The van der Waals surface area contributed by atoms with E-state index in [0.29, 0.717) is 5.56 Å². The predicted molar refractivity (Wildman–Crippen MR) is 79.7 cm³/mol. The molecule has 0 aliphatic carbocycles. The molecule has 0 fully saturated rings. The molecule has 5 nitrogen and oxygen atoms in total. The van der Waals surface area contributed by atoms with E-state index in [1.807, 2.05) is 13.8 Å². The summed E-state index contributed by atoms with van der Waals surface area (Å²) in [6.45, 7) is 5.58. The van der Waals surface area contributed by atoms with Crippen LogP contribution in [-0.4, -0.2) is 38.9 Å². The molecule has 0 bridgehead atoms. The maximum atomic E-state index is 12.7. The van der Waals surface area contributed by atoms with Crippen molar-refractivity contribution in [3.63, 3.8) is 0 Å². The fraction of sp³-hybridized carbons (Fsp3) is 0.615. The van der Waals surface area contributed by atoms with Crippen molar-refractivity contribution in [1.82, 2.24) is 4.31 Å². The molecule has 1 aromatic heterocycles. The zero-order valence-electron chi connectivity index (χ0n) is 12.5. The number of hydrogen-bond acceptors (Lipinski definition) is 5. The maximum Gasteiger partial charge on any atom is 0.349 e. The van der Waals surface area contributed by atoms with Crippen molar-refractivity contribution < 1.29 is 17.9 Å². The molecule has 0 radical (unpaired) electrons. The van der Waals surface area contributed by atoms with Crippen molar-refractivity contribution in [1.29, 1.82) is 0 Å². The van der Waals surface area contributed by atoms with Crippen LogP contribution in [0.3, 0.4) is 0 Å². The second kappa shape index (κ2) is 6.69. The fourth-order valence-electron chi connectivity index (χ4n) is 2.13. The topological polar surface area (TPSA) is 63.7 Å². The molecule has 1 rings (SSSR count). The number of carbonyl (C=O) groups is 1. The molecule has 0 aliphatic heterocycles. The Bertz CT molecular complexity index is 573. The number of carbonyl (C=O) groups excluding carboxylic acids is 1. The van der Waals surface area contributed by atoms with Gasteiger partial charge in [-0.05, 0) is 30.7 Å². The van der Waals surface area contributed by atoms with E-state index in [1.54, 1.807) is 19.4 Å². The van der Waals surface area contributed by atoms with Crippen LogP contribution in [-0.2, 0) is 14.8 Å². The monoisotopic (exact) mass is 319 g/mol. The third kappa shape index (κ3) is 3.05. The molecule has 0 spiro atoms. The van der Waals surface area contributed by atoms with Crippen LogP contribution >= 0.6 is 11.3 Å². The Kier molecular flexibility index (Phi) is 5.73. The maximum absolute atomic E-state index is 12.7. The predicted octanol–water partition coefficient (Wildman–Crippen LogP) is 2.65. The first-order valence-electron chi connectivity index (χ1n) is 6.45. The second-order valence-electron chi connectivity index (χ2n) is 4.56. The summed E-state index contributed by atoms with van der Waals surface area (Å²) >= 11 is 1.10. The summed E-state index contributed by atoms with van der Waals surface area (Å²) in [7, 11) is -0.884. The highest BCUT2D eigenvalue weighted by atomic mass is 32.2. The van der Waals surface area contributed by atoms with Gasteiger partial charge in [0, 0.05) is 13.1 Å². The summed E-state index contributed by atoms with van der Waals surface area (Å²) < 4.78 is 31.5. The van der Waals surface area contributed by atoms with Crippen molar-refractivity contribution in [2.24, 2.45) is 0 Å². The van der Waals surface area contributed by atoms with Gasteiger partial charge in [-0.15, -0.1) is 11.3 Å². The van der Waals surface area contributed by atoms with Gasteiger partial charge in [-0.3, -0.25) is 0 Å². The van der Waals surface area contributed by atoms with E-state index >= 15 is 0 Å². The Morgan fingerprint density at radius 2 is 1.95 bits per heavy atom. The molecule has 0 aromatic carbocycles. The third-order valence-electron chi connectivity index (χ3n) is 3.38. The highest BCUT2D eigenvalue weighted by Gasteiger charge is 2.33. The summed E-state index contributed by atoms with van der Waals surface area (Å²) in [4.78, 5) is 11.9. The lowest BCUT2D eigenvalue weighted by Crippen LogP contribution is -2.37. The van der Waals surface area contributed by atoms with Gasteiger partial charge in [-0.25, -0.2) is 13.2 Å². The average Bonchev–Trinajstić information content (AvgIpc) is 2.81. The summed E-state index contributed by atoms with van der Waals surface area (Å²) in [5, 5.41) is 1.67. The molecule has 0 unspecified atom stereocenters. The lowest BCUT2D eigenvalue weighted by molar-refractivity contribution is 0.0602. The van der Waals surface area contributed by atoms with E-state index < -0.39 is 16.0 Å². The van der Waals surface area contributed by atoms with Crippen LogP contribution in [0.25, 0.3) is 0 Å². The molecular weight excluding hydrogens is 298 g/mol. The summed E-state index contributed by atoms with van der Waals surface area (Å²) in [5.41, 5.74) is 0.577. The molecule has 0 N–H and O–H groups in total. The molecule has 0 atom stereocenters. The van der Waals surface area contributed by atoms with Crippen LogP contribution in [0.15, 0.2) is 10.3 Å². The van der Waals surface area contributed by atoms with E-state index in [-0.39, 0.29) is 15.8 Å². The first-order valence-corrected chi connectivity index (χ1v) is 8.77. The smallest absolute Gasteiger partial charge is 0.349 e. The van der Waals surface area contributed by atoms with Gasteiger partial charge < -0.3 is 4.74 Å². The van der Waals surface area contributed by atoms with Crippen LogP contribution in [0.2, 0.25) is 0 Å². The van der Waals surface area contributed by atoms with Gasteiger partial charge in [0.2, 0.25) is 10.0 Å². The van der Waals surface area contributed by atoms with Gasteiger partial charge in [-0.2, -0.15) is 4.31 Å². The SMILES string of the molecule is CCC(CC)N(C)S(=O)(=O)c1c(C)csc1C(=O)OC. The van der Waals surface area contributed by atoms with Gasteiger partial charge in [0.25, 0.3) is 0 Å². The highest BCUT2D eigenvalue weighted by molar-refractivity contribution is 7.89. The lowest BCUT2D eigenvalue weighted by Gasteiger charge is -2.25. The standard InChI is InChI=1S/C13H21NO4S2/c1-6-10(7-2)14(4)20(16,17)12-9(3)8-19-11(12)13(15)18-5/h8,10H,6-7H2,1-5H3. The zero-order valence-corrected chi connectivity index (χ0v) is 14.1. The average molecular weight is 319 g/mol. The van der Waals surface area contributed by atoms with Crippen LogP contribution in [0.4, 0.5) is 0 Å². The van der Waals surface area contributed by atoms with Crippen LogP contribution in [0, 0.1) is 6.92 Å². The largest absolute Gasteiger partial charge is 0.465 e. The fourth-order valence-corrected chi connectivity index (χ4v) is 5.29. The zero-order chi connectivity index (χ0) is 15.5.